The Kier molecular flexibility index (Phi) is 6.61. The van der Waals surface area contributed by atoms with Crippen molar-refractivity contribution >= 4 is 54.6 Å². The van der Waals surface area contributed by atoms with Crippen LogP contribution in [0.25, 0.3) is 32.3 Å². The summed E-state index contributed by atoms with van der Waals surface area (Å²) >= 11 is 0. The molecule has 0 saturated heterocycles. The van der Waals surface area contributed by atoms with Gasteiger partial charge in [0, 0.05) is 24.0 Å². The molecule has 0 aliphatic carbocycles. The monoisotopic (exact) mass is 411 g/mol. The summed E-state index contributed by atoms with van der Waals surface area (Å²) < 4.78 is 25.3. The number of carbonyl (C=O) groups is 1. The Morgan fingerprint density at radius 3 is 2.03 bits per heavy atom. The van der Waals surface area contributed by atoms with Crippen LogP contribution in [0.1, 0.15) is 25.7 Å². The number of hydrogen-bond donors (Lipinski definition) is 2. The third kappa shape index (κ3) is 5.00. The van der Waals surface area contributed by atoms with Crippen LogP contribution in [0.2, 0.25) is 0 Å². The van der Waals surface area contributed by atoms with Crippen molar-refractivity contribution in [1.29, 1.82) is 0 Å². The Bertz CT molecular complexity index is 1230. The third-order valence-electron chi connectivity index (χ3n) is 4.91. The van der Waals surface area contributed by atoms with Crippen molar-refractivity contribution in [3.8, 4) is 0 Å². The van der Waals surface area contributed by atoms with Gasteiger partial charge in [0.05, 0.1) is 0 Å². The average molecular weight is 411 g/mol. The molecule has 0 radical (unpaired) electrons. The Hall–Kier alpha value is -3.19. The molecule has 0 fully saturated rings. The van der Waals surface area contributed by atoms with Crippen molar-refractivity contribution in [1.82, 2.24) is 0 Å². The fraction of sp³-hybridized carbons (Fsp3) is 0.227. The van der Waals surface area contributed by atoms with Crippen LogP contribution >= 0.6 is 0 Å². The van der Waals surface area contributed by atoms with Crippen LogP contribution in [0.5, 0.6) is 0 Å². The molecule has 0 aromatic heterocycles. The summed E-state index contributed by atoms with van der Waals surface area (Å²) in [6, 6.07) is 19.6. The van der Waals surface area contributed by atoms with Gasteiger partial charge in [-0.3, -0.25) is 4.79 Å². The van der Waals surface area contributed by atoms with E-state index in [1.165, 1.54) is 32.3 Å². The van der Waals surface area contributed by atoms with E-state index in [0.717, 1.165) is 31.5 Å². The second-order valence-corrected chi connectivity index (χ2v) is 7.21. The van der Waals surface area contributed by atoms with Gasteiger partial charge in [0.2, 0.25) is 0 Å². The number of carboxylic acids is 1. The van der Waals surface area contributed by atoms with Crippen molar-refractivity contribution in [2.75, 3.05) is 11.9 Å². The Labute approximate surface area is 169 Å². The minimum atomic E-state index is -3.11. The molecular weight excluding hydrogens is 390 g/mol. The molecule has 0 aliphatic heterocycles. The SMILES string of the molecule is O=C(O)CCCCCNc1ccc2ccc3cccc4ccc1c2c34.O=S(=O)=O. The predicted octanol–water partition coefficient (Wildman–Crippen LogP) is 4.64. The summed E-state index contributed by atoms with van der Waals surface area (Å²) in [5, 5.41) is 20.0. The Morgan fingerprint density at radius 1 is 0.793 bits per heavy atom. The number of aliphatic carboxylic acids is 1. The van der Waals surface area contributed by atoms with E-state index in [1.807, 2.05) is 0 Å². The van der Waals surface area contributed by atoms with Gasteiger partial charge in [-0.05, 0) is 45.8 Å². The summed E-state index contributed by atoms with van der Waals surface area (Å²) in [6.07, 6.45) is 2.93. The Balaban J connectivity index is 0.000000552. The minimum absolute atomic E-state index is 0.263. The van der Waals surface area contributed by atoms with Gasteiger partial charge in [-0.2, -0.15) is 0 Å². The number of carboxylic acid groups (broad SMARTS) is 1. The first-order valence-electron chi connectivity index (χ1n) is 9.36. The van der Waals surface area contributed by atoms with Crippen molar-refractivity contribution in [3.05, 3.63) is 54.6 Å². The molecule has 4 aromatic carbocycles. The average Bonchev–Trinajstić information content (AvgIpc) is 2.69. The first kappa shape index (κ1) is 20.5. The molecule has 0 spiro atoms. The molecule has 0 unspecified atom stereocenters. The summed E-state index contributed by atoms with van der Waals surface area (Å²) in [4.78, 5) is 10.6. The van der Waals surface area contributed by atoms with Crippen molar-refractivity contribution in [2.24, 2.45) is 0 Å². The molecule has 6 nitrogen and oxygen atoms in total. The first-order valence-corrected chi connectivity index (χ1v) is 10.4. The molecule has 4 rings (SSSR count). The van der Waals surface area contributed by atoms with Crippen LogP contribution in [-0.4, -0.2) is 30.2 Å². The van der Waals surface area contributed by atoms with Gasteiger partial charge in [-0.1, -0.05) is 55.0 Å². The molecule has 7 heteroatoms. The first-order chi connectivity index (χ1) is 14.0. The maximum absolute atomic E-state index is 10.6. The van der Waals surface area contributed by atoms with Gasteiger partial charge in [-0.15, -0.1) is 12.6 Å². The van der Waals surface area contributed by atoms with Crippen LogP contribution in [0, 0.1) is 0 Å². The number of benzene rings is 4. The summed E-state index contributed by atoms with van der Waals surface area (Å²) in [5.41, 5.74) is 1.16. The molecule has 4 aromatic rings. The van der Waals surface area contributed by atoms with E-state index >= 15 is 0 Å². The van der Waals surface area contributed by atoms with E-state index in [1.54, 1.807) is 0 Å². The number of anilines is 1. The molecule has 0 aliphatic rings. The molecule has 0 atom stereocenters. The highest BCUT2D eigenvalue weighted by atomic mass is 32.2. The number of unbranched alkanes of at least 4 members (excludes halogenated alkanes) is 2. The maximum Gasteiger partial charge on any atom is 0.425 e. The zero-order valence-electron chi connectivity index (χ0n) is 15.7. The van der Waals surface area contributed by atoms with Crippen LogP contribution in [-0.2, 0) is 15.4 Å². The zero-order valence-corrected chi connectivity index (χ0v) is 16.5. The summed E-state index contributed by atoms with van der Waals surface area (Å²) in [7, 11) is -3.11. The van der Waals surface area contributed by atoms with Gasteiger partial charge >= 0.3 is 16.6 Å². The molecule has 0 bridgehead atoms. The van der Waals surface area contributed by atoms with Crippen LogP contribution in [0.15, 0.2) is 54.6 Å². The van der Waals surface area contributed by atoms with E-state index in [9.17, 15) is 4.79 Å². The molecule has 150 valence electrons. The fourth-order valence-electron chi connectivity index (χ4n) is 3.69. The van der Waals surface area contributed by atoms with Crippen molar-refractivity contribution in [3.63, 3.8) is 0 Å². The standard InChI is InChI=1S/C22H21NO2.O3S/c24-20(25)7-2-1-3-14-23-19-13-11-17-9-8-15-5-4-6-16-10-12-18(19)22(17)21(15)16;1-4(2)3/h4-6,8-13,23H,1-3,7,14H2,(H,24,25);. The van der Waals surface area contributed by atoms with E-state index in [-0.39, 0.29) is 6.42 Å². The number of rotatable bonds is 7. The van der Waals surface area contributed by atoms with Crippen LogP contribution in [0.3, 0.4) is 0 Å². The van der Waals surface area contributed by atoms with Gasteiger partial charge in [-0.25, -0.2) is 0 Å². The molecule has 0 saturated carbocycles. The highest BCUT2D eigenvalue weighted by molar-refractivity contribution is 7.59. The summed E-state index contributed by atoms with van der Waals surface area (Å²) in [5.74, 6) is -0.709. The van der Waals surface area contributed by atoms with Crippen molar-refractivity contribution in [2.45, 2.75) is 25.7 Å². The quantitative estimate of drug-likeness (QED) is 0.339. The number of hydrogen-bond acceptors (Lipinski definition) is 5. The lowest BCUT2D eigenvalue weighted by Gasteiger charge is -2.15. The second kappa shape index (κ2) is 9.34. The lowest BCUT2D eigenvalue weighted by Crippen LogP contribution is -2.03. The van der Waals surface area contributed by atoms with E-state index in [4.69, 9.17) is 17.7 Å². The lowest BCUT2D eigenvalue weighted by atomic mass is 9.93. The van der Waals surface area contributed by atoms with E-state index < -0.39 is 16.6 Å². The van der Waals surface area contributed by atoms with Gasteiger partial charge < -0.3 is 10.4 Å². The van der Waals surface area contributed by atoms with Gasteiger partial charge in [0.25, 0.3) is 0 Å². The maximum atomic E-state index is 10.6. The summed E-state index contributed by atoms with van der Waals surface area (Å²) in [6.45, 7) is 0.865. The normalized spacial score (nSPS) is 10.8. The van der Waals surface area contributed by atoms with E-state index in [2.05, 4.69) is 59.9 Å². The second-order valence-electron chi connectivity index (χ2n) is 6.80. The Morgan fingerprint density at radius 2 is 1.38 bits per heavy atom. The van der Waals surface area contributed by atoms with Crippen LogP contribution < -0.4 is 5.32 Å². The predicted molar refractivity (Wildman–Crippen MR) is 114 cm³/mol. The topological polar surface area (TPSA) is 101 Å². The molecular formula is C22H21NO5S. The van der Waals surface area contributed by atoms with Gasteiger partial charge in [0.15, 0.2) is 0 Å². The zero-order chi connectivity index (χ0) is 20.8. The van der Waals surface area contributed by atoms with E-state index in [0.29, 0.717) is 0 Å². The largest absolute Gasteiger partial charge is 0.481 e. The highest BCUT2D eigenvalue weighted by Gasteiger charge is 2.10. The van der Waals surface area contributed by atoms with Crippen molar-refractivity contribution < 1.29 is 22.5 Å². The highest BCUT2D eigenvalue weighted by Crippen LogP contribution is 2.37. The number of nitrogens with one attached hydrogen (secondary N) is 1. The molecule has 0 heterocycles. The third-order valence-corrected chi connectivity index (χ3v) is 4.91. The van der Waals surface area contributed by atoms with Crippen LogP contribution in [0.4, 0.5) is 5.69 Å². The van der Waals surface area contributed by atoms with Gasteiger partial charge in [0.1, 0.15) is 0 Å². The fourth-order valence-corrected chi connectivity index (χ4v) is 3.69. The molecule has 2 N–H and O–H groups in total. The molecule has 29 heavy (non-hydrogen) atoms. The minimum Gasteiger partial charge on any atom is -0.481 e. The smallest absolute Gasteiger partial charge is 0.425 e. The molecule has 0 amide bonds. The lowest BCUT2D eigenvalue weighted by molar-refractivity contribution is -0.137.